The number of carbonyl (C=O) groups is 1. The van der Waals surface area contributed by atoms with Gasteiger partial charge in [0, 0.05) is 19.7 Å². The Balaban J connectivity index is 3.85. The van der Waals surface area contributed by atoms with E-state index in [1.54, 1.807) is 0 Å². The van der Waals surface area contributed by atoms with Crippen LogP contribution >= 0.6 is 0 Å². The molecule has 0 aromatic rings. The monoisotopic (exact) mass is 330 g/mol. The first-order valence-electron chi connectivity index (χ1n) is 8.87. The Morgan fingerprint density at radius 1 is 1.04 bits per heavy atom. The summed E-state index contributed by atoms with van der Waals surface area (Å²) in [6, 6.07) is 0. The van der Waals surface area contributed by atoms with Gasteiger partial charge >= 0.3 is 6.09 Å². The molecule has 23 heavy (non-hydrogen) atoms. The zero-order valence-electron chi connectivity index (χ0n) is 16.2. The first kappa shape index (κ1) is 22.2. The minimum Gasteiger partial charge on any atom is -0.444 e. The molecule has 0 aliphatic rings. The molecular weight excluding hydrogens is 292 g/mol. The van der Waals surface area contributed by atoms with Gasteiger partial charge < -0.3 is 20.1 Å². The maximum absolute atomic E-state index is 11.7. The standard InChI is InChI=1S/C18H38N2O3/c1-14(2)8-10-22-11-9-19-12-16(15(3)4)13-20-17(21)23-18(5,6)7/h14-16,19H,8-13H2,1-7H3,(H,20,21). The van der Waals surface area contributed by atoms with Crippen LogP contribution in [0.5, 0.6) is 0 Å². The van der Waals surface area contributed by atoms with E-state index in [0.717, 1.165) is 32.7 Å². The second-order valence-corrected chi connectivity index (χ2v) is 7.89. The molecule has 2 N–H and O–H groups in total. The lowest BCUT2D eigenvalue weighted by Gasteiger charge is -2.24. The Morgan fingerprint density at radius 3 is 2.22 bits per heavy atom. The summed E-state index contributed by atoms with van der Waals surface area (Å²) in [7, 11) is 0. The molecule has 0 aromatic heterocycles. The molecule has 1 atom stereocenters. The number of amides is 1. The first-order chi connectivity index (χ1) is 10.6. The van der Waals surface area contributed by atoms with Gasteiger partial charge in [0.25, 0.3) is 0 Å². The number of rotatable bonds is 11. The summed E-state index contributed by atoms with van der Waals surface area (Å²) in [5.41, 5.74) is -0.455. The summed E-state index contributed by atoms with van der Waals surface area (Å²) in [6.45, 7) is 18.2. The van der Waals surface area contributed by atoms with Crippen LogP contribution in [0.4, 0.5) is 4.79 Å². The first-order valence-corrected chi connectivity index (χ1v) is 8.87. The smallest absolute Gasteiger partial charge is 0.407 e. The average molecular weight is 331 g/mol. The van der Waals surface area contributed by atoms with E-state index >= 15 is 0 Å². The topological polar surface area (TPSA) is 59.6 Å². The van der Waals surface area contributed by atoms with E-state index in [4.69, 9.17) is 9.47 Å². The van der Waals surface area contributed by atoms with Crippen LogP contribution in [0, 0.1) is 17.8 Å². The molecule has 0 heterocycles. The summed E-state index contributed by atoms with van der Waals surface area (Å²) in [6.07, 6.45) is 0.759. The fourth-order valence-corrected chi connectivity index (χ4v) is 1.93. The molecule has 138 valence electrons. The molecule has 0 aliphatic carbocycles. The lowest BCUT2D eigenvalue weighted by atomic mass is 9.96. The van der Waals surface area contributed by atoms with Crippen molar-refractivity contribution in [1.82, 2.24) is 10.6 Å². The van der Waals surface area contributed by atoms with E-state index in [1.165, 1.54) is 0 Å². The van der Waals surface area contributed by atoms with Crippen molar-refractivity contribution in [1.29, 1.82) is 0 Å². The van der Waals surface area contributed by atoms with Crippen molar-refractivity contribution in [2.45, 2.75) is 60.5 Å². The highest BCUT2D eigenvalue weighted by Gasteiger charge is 2.18. The van der Waals surface area contributed by atoms with Gasteiger partial charge in [0.05, 0.1) is 6.61 Å². The molecule has 0 radical (unpaired) electrons. The molecule has 0 bridgehead atoms. The Hall–Kier alpha value is -0.810. The summed E-state index contributed by atoms with van der Waals surface area (Å²) in [4.78, 5) is 11.7. The van der Waals surface area contributed by atoms with Crippen LogP contribution in [0.1, 0.15) is 54.9 Å². The fourth-order valence-electron chi connectivity index (χ4n) is 1.93. The molecule has 0 aromatic carbocycles. The molecule has 0 saturated carbocycles. The maximum Gasteiger partial charge on any atom is 0.407 e. The Kier molecular flexibility index (Phi) is 11.3. The van der Waals surface area contributed by atoms with Gasteiger partial charge in [-0.3, -0.25) is 0 Å². The third-order valence-electron chi connectivity index (χ3n) is 3.52. The molecule has 5 nitrogen and oxygen atoms in total. The van der Waals surface area contributed by atoms with Gasteiger partial charge in [-0.1, -0.05) is 27.7 Å². The molecule has 0 aliphatic heterocycles. The van der Waals surface area contributed by atoms with Crippen molar-refractivity contribution in [3.8, 4) is 0 Å². The average Bonchev–Trinajstić information content (AvgIpc) is 2.38. The summed E-state index contributed by atoms with van der Waals surface area (Å²) >= 11 is 0. The van der Waals surface area contributed by atoms with Crippen LogP contribution < -0.4 is 10.6 Å². The van der Waals surface area contributed by atoms with Gasteiger partial charge in [0.1, 0.15) is 5.60 Å². The van der Waals surface area contributed by atoms with Crippen LogP contribution in [-0.2, 0) is 9.47 Å². The van der Waals surface area contributed by atoms with Gasteiger partial charge in [-0.25, -0.2) is 4.79 Å². The van der Waals surface area contributed by atoms with Crippen molar-refractivity contribution in [3.63, 3.8) is 0 Å². The Morgan fingerprint density at radius 2 is 1.70 bits per heavy atom. The van der Waals surface area contributed by atoms with Gasteiger partial charge in [-0.05, 0) is 51.5 Å². The highest BCUT2D eigenvalue weighted by molar-refractivity contribution is 5.67. The number of alkyl carbamates (subject to hydrolysis) is 1. The lowest BCUT2D eigenvalue weighted by molar-refractivity contribution is 0.0514. The fraction of sp³-hybridized carbons (Fsp3) is 0.944. The van der Waals surface area contributed by atoms with Crippen molar-refractivity contribution in [2.24, 2.45) is 17.8 Å². The normalized spacial score (nSPS) is 13.4. The van der Waals surface area contributed by atoms with Crippen LogP contribution in [0.15, 0.2) is 0 Å². The van der Waals surface area contributed by atoms with E-state index in [9.17, 15) is 4.79 Å². The third-order valence-corrected chi connectivity index (χ3v) is 3.52. The summed E-state index contributed by atoms with van der Waals surface area (Å²) in [5, 5.41) is 6.27. The summed E-state index contributed by atoms with van der Waals surface area (Å²) < 4.78 is 10.9. The van der Waals surface area contributed by atoms with Gasteiger partial charge in [0.15, 0.2) is 0 Å². The second kappa shape index (κ2) is 11.7. The number of hydrogen-bond donors (Lipinski definition) is 2. The molecule has 5 heteroatoms. The molecular formula is C18H38N2O3. The van der Waals surface area contributed by atoms with Crippen molar-refractivity contribution >= 4 is 6.09 Å². The Bertz CT molecular complexity index is 312. The highest BCUT2D eigenvalue weighted by Crippen LogP contribution is 2.10. The maximum atomic E-state index is 11.7. The van der Waals surface area contributed by atoms with Gasteiger partial charge in [0.2, 0.25) is 0 Å². The minimum atomic E-state index is -0.455. The van der Waals surface area contributed by atoms with E-state index < -0.39 is 5.60 Å². The number of ether oxygens (including phenoxy) is 2. The van der Waals surface area contributed by atoms with Crippen LogP contribution in [0.2, 0.25) is 0 Å². The molecule has 0 spiro atoms. The lowest BCUT2D eigenvalue weighted by Crippen LogP contribution is -2.40. The van der Waals surface area contributed by atoms with Crippen molar-refractivity contribution in [2.75, 3.05) is 32.8 Å². The molecule has 0 fully saturated rings. The zero-order chi connectivity index (χ0) is 17.9. The predicted octanol–water partition coefficient (Wildman–Crippen LogP) is 3.44. The zero-order valence-corrected chi connectivity index (χ0v) is 16.2. The largest absolute Gasteiger partial charge is 0.444 e. The highest BCUT2D eigenvalue weighted by atomic mass is 16.6. The van der Waals surface area contributed by atoms with Gasteiger partial charge in [-0.15, -0.1) is 0 Å². The number of nitrogens with one attached hydrogen (secondary N) is 2. The van der Waals surface area contributed by atoms with Crippen molar-refractivity contribution in [3.05, 3.63) is 0 Å². The SMILES string of the molecule is CC(C)CCOCCNCC(CNC(=O)OC(C)(C)C)C(C)C. The second-order valence-electron chi connectivity index (χ2n) is 7.89. The van der Waals surface area contributed by atoms with E-state index in [0.29, 0.717) is 24.3 Å². The van der Waals surface area contributed by atoms with E-state index in [2.05, 4.69) is 38.3 Å². The predicted molar refractivity (Wildman–Crippen MR) is 95.7 cm³/mol. The molecule has 0 saturated heterocycles. The number of hydrogen-bond acceptors (Lipinski definition) is 4. The molecule has 1 amide bonds. The number of carbonyl (C=O) groups excluding carboxylic acids is 1. The van der Waals surface area contributed by atoms with Gasteiger partial charge in [-0.2, -0.15) is 0 Å². The molecule has 0 rings (SSSR count). The van der Waals surface area contributed by atoms with Crippen molar-refractivity contribution < 1.29 is 14.3 Å². The van der Waals surface area contributed by atoms with Crippen LogP contribution in [-0.4, -0.2) is 44.5 Å². The van der Waals surface area contributed by atoms with Crippen LogP contribution in [0.25, 0.3) is 0 Å². The Labute approximate surface area is 142 Å². The molecule has 1 unspecified atom stereocenters. The third kappa shape index (κ3) is 14.5. The minimum absolute atomic E-state index is 0.347. The van der Waals surface area contributed by atoms with E-state index in [1.807, 2.05) is 20.8 Å². The van der Waals surface area contributed by atoms with E-state index in [-0.39, 0.29) is 6.09 Å². The quantitative estimate of drug-likeness (QED) is 0.570. The van der Waals surface area contributed by atoms with Crippen LogP contribution in [0.3, 0.4) is 0 Å². The summed E-state index contributed by atoms with van der Waals surface area (Å²) in [5.74, 6) is 1.55.